The second-order valence-electron chi connectivity index (χ2n) is 6.86. The maximum Gasteiger partial charge on any atom is 0.282 e. The van der Waals surface area contributed by atoms with Crippen LogP contribution in [0.3, 0.4) is 0 Å². The Kier molecular flexibility index (Phi) is 6.85. The summed E-state index contributed by atoms with van der Waals surface area (Å²) in [5.41, 5.74) is 2.01. The summed E-state index contributed by atoms with van der Waals surface area (Å²) in [6, 6.07) is 13.0. The number of nitrogens with zero attached hydrogens (tertiary/aromatic N) is 5. The molecule has 0 aliphatic heterocycles. The maximum absolute atomic E-state index is 13.1. The SMILES string of the molecule is CCCc1nc2ccc(Br)cc2c(=O)n1N=Cc1ccc(N(C)C)cc1OCC#N. The summed E-state index contributed by atoms with van der Waals surface area (Å²) in [7, 11) is 3.85. The van der Waals surface area contributed by atoms with Gasteiger partial charge in [0.25, 0.3) is 5.56 Å². The summed E-state index contributed by atoms with van der Waals surface area (Å²) >= 11 is 3.41. The van der Waals surface area contributed by atoms with Gasteiger partial charge in [0.1, 0.15) is 17.6 Å². The Morgan fingerprint density at radius 1 is 1.30 bits per heavy atom. The molecule has 154 valence electrons. The van der Waals surface area contributed by atoms with E-state index in [2.05, 4.69) is 26.0 Å². The molecule has 0 saturated heterocycles. The summed E-state index contributed by atoms with van der Waals surface area (Å²) in [6.45, 7) is 1.95. The third-order valence-electron chi connectivity index (χ3n) is 4.47. The highest BCUT2D eigenvalue weighted by atomic mass is 79.9. The van der Waals surface area contributed by atoms with Crippen LogP contribution >= 0.6 is 15.9 Å². The van der Waals surface area contributed by atoms with Crippen molar-refractivity contribution in [2.24, 2.45) is 5.10 Å². The Morgan fingerprint density at radius 3 is 2.80 bits per heavy atom. The average molecular weight is 468 g/mol. The van der Waals surface area contributed by atoms with E-state index in [0.29, 0.717) is 34.5 Å². The molecular formula is C22H22BrN5O2. The fourth-order valence-electron chi connectivity index (χ4n) is 2.96. The van der Waals surface area contributed by atoms with E-state index in [9.17, 15) is 4.79 Å². The van der Waals surface area contributed by atoms with Crippen LogP contribution in [0.5, 0.6) is 5.75 Å². The molecule has 1 aromatic heterocycles. The molecule has 0 saturated carbocycles. The third kappa shape index (κ3) is 4.69. The first-order valence-corrected chi connectivity index (χ1v) is 10.3. The van der Waals surface area contributed by atoms with E-state index >= 15 is 0 Å². The van der Waals surface area contributed by atoms with Gasteiger partial charge in [-0.15, -0.1) is 0 Å². The molecule has 0 fully saturated rings. The number of halogens is 1. The lowest BCUT2D eigenvalue weighted by molar-refractivity contribution is 0.367. The molecular weight excluding hydrogens is 446 g/mol. The van der Waals surface area contributed by atoms with Crippen LogP contribution in [-0.4, -0.2) is 36.6 Å². The summed E-state index contributed by atoms with van der Waals surface area (Å²) < 4.78 is 7.72. The number of aromatic nitrogens is 2. The Bertz CT molecular complexity index is 1190. The van der Waals surface area contributed by atoms with Crippen molar-refractivity contribution in [3.8, 4) is 11.8 Å². The first kappa shape index (κ1) is 21.5. The van der Waals surface area contributed by atoms with Crippen LogP contribution < -0.4 is 15.2 Å². The van der Waals surface area contributed by atoms with Crippen molar-refractivity contribution in [1.82, 2.24) is 9.66 Å². The van der Waals surface area contributed by atoms with E-state index in [0.717, 1.165) is 16.6 Å². The second-order valence-corrected chi connectivity index (χ2v) is 7.78. The fraction of sp³-hybridized carbons (Fsp3) is 0.273. The molecule has 0 unspecified atom stereocenters. The zero-order chi connectivity index (χ0) is 21.7. The van der Waals surface area contributed by atoms with Crippen molar-refractivity contribution in [3.63, 3.8) is 0 Å². The number of fused-ring (bicyclic) bond motifs is 1. The quantitative estimate of drug-likeness (QED) is 0.491. The lowest BCUT2D eigenvalue weighted by Gasteiger charge is -2.15. The Balaban J connectivity index is 2.11. The number of benzene rings is 2. The van der Waals surface area contributed by atoms with Crippen molar-refractivity contribution in [1.29, 1.82) is 5.26 Å². The van der Waals surface area contributed by atoms with Gasteiger partial charge in [0.2, 0.25) is 0 Å². The molecule has 0 amide bonds. The topological polar surface area (TPSA) is 83.5 Å². The van der Waals surface area contributed by atoms with Crippen molar-refractivity contribution >= 4 is 38.7 Å². The average Bonchev–Trinajstić information content (AvgIpc) is 2.73. The first-order chi connectivity index (χ1) is 14.4. The molecule has 0 N–H and O–H groups in total. The highest BCUT2D eigenvalue weighted by Crippen LogP contribution is 2.24. The van der Waals surface area contributed by atoms with E-state index in [1.54, 1.807) is 12.3 Å². The summed E-state index contributed by atoms with van der Waals surface area (Å²) in [5, 5.41) is 13.8. The summed E-state index contributed by atoms with van der Waals surface area (Å²) in [6.07, 6.45) is 3.02. The number of hydrogen-bond donors (Lipinski definition) is 0. The van der Waals surface area contributed by atoms with Crippen LogP contribution in [0.1, 0.15) is 24.7 Å². The molecule has 3 aromatic rings. The molecule has 0 bridgehead atoms. The third-order valence-corrected chi connectivity index (χ3v) is 4.96. The lowest BCUT2D eigenvalue weighted by atomic mass is 10.2. The van der Waals surface area contributed by atoms with Crippen LogP contribution in [-0.2, 0) is 6.42 Å². The Morgan fingerprint density at radius 2 is 2.10 bits per heavy atom. The monoisotopic (exact) mass is 467 g/mol. The van der Waals surface area contributed by atoms with Crippen LogP contribution in [0.25, 0.3) is 10.9 Å². The molecule has 0 aliphatic rings. The number of hydrogen-bond acceptors (Lipinski definition) is 6. The minimum absolute atomic E-state index is 0.0791. The van der Waals surface area contributed by atoms with Gasteiger partial charge in [-0.05, 0) is 36.8 Å². The number of nitriles is 1. The van der Waals surface area contributed by atoms with Gasteiger partial charge in [-0.1, -0.05) is 22.9 Å². The largest absolute Gasteiger partial charge is 0.478 e. The van der Waals surface area contributed by atoms with E-state index in [-0.39, 0.29) is 12.2 Å². The fourth-order valence-corrected chi connectivity index (χ4v) is 3.32. The first-order valence-electron chi connectivity index (χ1n) is 9.51. The van der Waals surface area contributed by atoms with Gasteiger partial charge in [-0.3, -0.25) is 4.79 Å². The maximum atomic E-state index is 13.1. The molecule has 0 radical (unpaired) electrons. The predicted molar refractivity (Wildman–Crippen MR) is 123 cm³/mol. The van der Waals surface area contributed by atoms with Gasteiger partial charge in [0.15, 0.2) is 6.61 Å². The zero-order valence-corrected chi connectivity index (χ0v) is 18.7. The number of ether oxygens (including phenoxy) is 1. The van der Waals surface area contributed by atoms with E-state index in [1.165, 1.54) is 4.68 Å². The number of anilines is 1. The molecule has 0 aliphatic carbocycles. The van der Waals surface area contributed by atoms with E-state index < -0.39 is 0 Å². The van der Waals surface area contributed by atoms with Crippen molar-refractivity contribution < 1.29 is 4.74 Å². The highest BCUT2D eigenvalue weighted by Gasteiger charge is 2.11. The Labute approximate surface area is 183 Å². The zero-order valence-electron chi connectivity index (χ0n) is 17.1. The lowest BCUT2D eigenvalue weighted by Crippen LogP contribution is -2.22. The number of rotatable bonds is 7. The van der Waals surface area contributed by atoms with Crippen LogP contribution in [0.2, 0.25) is 0 Å². The minimum atomic E-state index is -0.231. The van der Waals surface area contributed by atoms with Crippen molar-refractivity contribution in [2.45, 2.75) is 19.8 Å². The second kappa shape index (κ2) is 9.55. The van der Waals surface area contributed by atoms with Crippen molar-refractivity contribution in [2.75, 3.05) is 25.6 Å². The molecule has 8 heteroatoms. The van der Waals surface area contributed by atoms with Crippen LogP contribution in [0.4, 0.5) is 5.69 Å². The molecule has 3 rings (SSSR count). The molecule has 0 atom stereocenters. The Hall–Kier alpha value is -3.18. The van der Waals surface area contributed by atoms with Crippen molar-refractivity contribution in [3.05, 3.63) is 62.6 Å². The van der Waals surface area contributed by atoms with Gasteiger partial charge >= 0.3 is 0 Å². The summed E-state index contributed by atoms with van der Waals surface area (Å²) in [4.78, 5) is 19.7. The molecule has 2 aromatic carbocycles. The van der Waals surface area contributed by atoms with Gasteiger partial charge in [-0.2, -0.15) is 15.0 Å². The molecule has 0 spiro atoms. The minimum Gasteiger partial charge on any atom is -0.478 e. The highest BCUT2D eigenvalue weighted by molar-refractivity contribution is 9.10. The van der Waals surface area contributed by atoms with Gasteiger partial charge in [0.05, 0.1) is 17.1 Å². The van der Waals surface area contributed by atoms with E-state index in [1.807, 2.05) is 62.3 Å². The smallest absolute Gasteiger partial charge is 0.282 e. The normalized spacial score (nSPS) is 11.0. The predicted octanol–water partition coefficient (Wildman–Crippen LogP) is 3.96. The standard InChI is InChI=1S/C22H22BrN5O2/c1-4-5-21-26-19-9-7-16(23)12-18(19)22(29)28(21)25-14-15-6-8-17(27(2)3)13-20(15)30-11-10-24/h6-9,12-14H,4-5,11H2,1-3H3. The van der Waals surface area contributed by atoms with E-state index in [4.69, 9.17) is 10.00 Å². The number of aryl methyl sites for hydroxylation is 1. The van der Waals surface area contributed by atoms with Gasteiger partial charge in [-0.25, -0.2) is 4.98 Å². The summed E-state index contributed by atoms with van der Waals surface area (Å²) in [5.74, 6) is 1.12. The molecule has 1 heterocycles. The van der Waals surface area contributed by atoms with Gasteiger partial charge in [0, 0.05) is 42.3 Å². The molecule has 30 heavy (non-hydrogen) atoms. The van der Waals surface area contributed by atoms with Gasteiger partial charge < -0.3 is 9.64 Å². The molecule has 7 nitrogen and oxygen atoms in total. The van der Waals surface area contributed by atoms with Crippen LogP contribution in [0, 0.1) is 11.3 Å². The van der Waals surface area contributed by atoms with Crippen LogP contribution in [0.15, 0.2) is 50.8 Å².